The number of anilines is 1. The Morgan fingerprint density at radius 1 is 1.40 bits per heavy atom. The van der Waals surface area contributed by atoms with Gasteiger partial charge >= 0.3 is 5.97 Å². The Bertz CT molecular complexity index is 403. The van der Waals surface area contributed by atoms with Crippen LogP contribution in [0.25, 0.3) is 0 Å². The van der Waals surface area contributed by atoms with Gasteiger partial charge in [0, 0.05) is 11.8 Å². The first kappa shape index (κ1) is 10.8. The van der Waals surface area contributed by atoms with Crippen LogP contribution in [0.1, 0.15) is 10.4 Å². The smallest absolute Gasteiger partial charge is 0.337 e. The highest BCUT2D eigenvalue weighted by molar-refractivity contribution is 5.93. The topological polar surface area (TPSA) is 116 Å². The fourth-order valence-corrected chi connectivity index (χ4v) is 0.980. The highest BCUT2D eigenvalue weighted by Crippen LogP contribution is 2.19. The average molecular weight is 210 g/mol. The number of primary amides is 1. The third kappa shape index (κ3) is 2.87. The number of carbonyl (C=O) groups is 2. The molecule has 80 valence electrons. The monoisotopic (exact) mass is 210 g/mol. The number of benzene rings is 1. The minimum Gasteiger partial charge on any atom is -0.484 e. The summed E-state index contributed by atoms with van der Waals surface area (Å²) in [6.07, 6.45) is 0. The number of nitrogen functional groups attached to an aromatic ring is 1. The minimum absolute atomic E-state index is 0.0126. The number of rotatable bonds is 4. The molecule has 0 aromatic heterocycles. The van der Waals surface area contributed by atoms with E-state index in [0.29, 0.717) is 5.75 Å². The lowest BCUT2D eigenvalue weighted by Gasteiger charge is -2.06. The lowest BCUT2D eigenvalue weighted by Crippen LogP contribution is -2.20. The van der Waals surface area contributed by atoms with Crippen LogP contribution in [0.5, 0.6) is 5.75 Å². The number of amides is 1. The largest absolute Gasteiger partial charge is 0.484 e. The van der Waals surface area contributed by atoms with Crippen molar-refractivity contribution in [3.8, 4) is 5.75 Å². The Morgan fingerprint density at radius 2 is 2.07 bits per heavy atom. The second kappa shape index (κ2) is 4.32. The normalized spacial score (nSPS) is 9.60. The summed E-state index contributed by atoms with van der Waals surface area (Å²) >= 11 is 0. The molecule has 5 N–H and O–H groups in total. The number of hydrogen-bond donors (Lipinski definition) is 3. The fraction of sp³-hybridized carbons (Fsp3) is 0.111. The molecule has 1 aromatic carbocycles. The van der Waals surface area contributed by atoms with Gasteiger partial charge in [0.15, 0.2) is 6.61 Å². The second-order valence-corrected chi connectivity index (χ2v) is 2.81. The van der Waals surface area contributed by atoms with Gasteiger partial charge < -0.3 is 21.3 Å². The molecule has 6 nitrogen and oxygen atoms in total. The maximum atomic E-state index is 10.6. The standard InChI is InChI=1S/C9H10N2O4/c10-7-3-5(15-4-8(11)12)1-2-6(7)9(13)14/h1-3H,4,10H2,(H2,11,12)(H,13,14). The van der Waals surface area contributed by atoms with E-state index in [1.807, 2.05) is 0 Å². The lowest BCUT2D eigenvalue weighted by atomic mass is 10.2. The van der Waals surface area contributed by atoms with Crippen LogP contribution in [0.3, 0.4) is 0 Å². The van der Waals surface area contributed by atoms with Crippen LogP contribution in [0.4, 0.5) is 5.69 Å². The highest BCUT2D eigenvalue weighted by Gasteiger charge is 2.08. The molecule has 0 saturated heterocycles. The van der Waals surface area contributed by atoms with Gasteiger partial charge in [0.25, 0.3) is 5.91 Å². The van der Waals surface area contributed by atoms with Gasteiger partial charge in [-0.15, -0.1) is 0 Å². The van der Waals surface area contributed by atoms with Crippen molar-refractivity contribution in [3.05, 3.63) is 23.8 Å². The van der Waals surface area contributed by atoms with E-state index in [-0.39, 0.29) is 17.9 Å². The molecule has 0 spiro atoms. The van der Waals surface area contributed by atoms with Crippen molar-refractivity contribution in [3.63, 3.8) is 0 Å². The molecule has 0 fully saturated rings. The molecule has 0 bridgehead atoms. The first-order valence-corrected chi connectivity index (χ1v) is 4.04. The zero-order valence-corrected chi connectivity index (χ0v) is 7.77. The van der Waals surface area contributed by atoms with Crippen molar-refractivity contribution in [1.82, 2.24) is 0 Å². The summed E-state index contributed by atoms with van der Waals surface area (Å²) in [5.74, 6) is -1.43. The van der Waals surface area contributed by atoms with E-state index >= 15 is 0 Å². The van der Waals surface area contributed by atoms with Crippen LogP contribution in [0.15, 0.2) is 18.2 Å². The van der Waals surface area contributed by atoms with Crippen LogP contribution in [-0.4, -0.2) is 23.6 Å². The summed E-state index contributed by atoms with van der Waals surface area (Å²) in [6.45, 7) is -0.272. The third-order valence-electron chi connectivity index (χ3n) is 1.63. The molecule has 0 atom stereocenters. The maximum absolute atomic E-state index is 10.6. The van der Waals surface area contributed by atoms with Crippen LogP contribution >= 0.6 is 0 Å². The van der Waals surface area contributed by atoms with Gasteiger partial charge in [-0.1, -0.05) is 0 Å². The molecule has 0 aliphatic heterocycles. The quantitative estimate of drug-likeness (QED) is 0.596. The molecule has 0 aliphatic rings. The van der Waals surface area contributed by atoms with Crippen molar-refractivity contribution in [2.75, 3.05) is 12.3 Å². The minimum atomic E-state index is -1.12. The van der Waals surface area contributed by atoms with Gasteiger partial charge in [-0.25, -0.2) is 4.79 Å². The number of ether oxygens (including phenoxy) is 1. The molecule has 1 rings (SSSR count). The Morgan fingerprint density at radius 3 is 2.53 bits per heavy atom. The van der Waals surface area contributed by atoms with Crippen LogP contribution in [0, 0.1) is 0 Å². The summed E-state index contributed by atoms with van der Waals surface area (Å²) in [7, 11) is 0. The fourth-order valence-electron chi connectivity index (χ4n) is 0.980. The van der Waals surface area contributed by atoms with Gasteiger partial charge in [0.05, 0.1) is 5.56 Å². The number of nitrogens with two attached hydrogens (primary N) is 2. The molecule has 0 unspecified atom stereocenters. The van der Waals surface area contributed by atoms with Crippen molar-refractivity contribution in [2.24, 2.45) is 5.73 Å². The van der Waals surface area contributed by atoms with Gasteiger partial charge in [-0.3, -0.25) is 4.79 Å². The van der Waals surface area contributed by atoms with E-state index in [9.17, 15) is 9.59 Å². The predicted octanol–water partition coefficient (Wildman–Crippen LogP) is -0.169. The van der Waals surface area contributed by atoms with Gasteiger partial charge in [0.2, 0.25) is 0 Å². The number of hydrogen-bond acceptors (Lipinski definition) is 4. The molecule has 0 aliphatic carbocycles. The van der Waals surface area contributed by atoms with Crippen molar-refractivity contribution in [1.29, 1.82) is 0 Å². The van der Waals surface area contributed by atoms with Gasteiger partial charge in [0.1, 0.15) is 5.75 Å². The molecule has 6 heteroatoms. The highest BCUT2D eigenvalue weighted by atomic mass is 16.5. The van der Waals surface area contributed by atoms with Gasteiger partial charge in [-0.05, 0) is 12.1 Å². The van der Waals surface area contributed by atoms with Crippen LogP contribution in [0.2, 0.25) is 0 Å². The summed E-state index contributed by atoms with van der Waals surface area (Å²) < 4.78 is 4.94. The average Bonchev–Trinajstić information content (AvgIpc) is 2.14. The van der Waals surface area contributed by atoms with E-state index in [4.69, 9.17) is 21.3 Å². The van der Waals surface area contributed by atoms with Crippen molar-refractivity contribution in [2.45, 2.75) is 0 Å². The van der Waals surface area contributed by atoms with E-state index in [0.717, 1.165) is 0 Å². The number of aromatic carboxylic acids is 1. The first-order chi connectivity index (χ1) is 7.00. The Balaban J connectivity index is 2.82. The molecule has 0 saturated carbocycles. The van der Waals surface area contributed by atoms with Crippen LogP contribution < -0.4 is 16.2 Å². The lowest BCUT2D eigenvalue weighted by molar-refractivity contribution is -0.119. The van der Waals surface area contributed by atoms with Gasteiger partial charge in [-0.2, -0.15) is 0 Å². The van der Waals surface area contributed by atoms with E-state index in [1.54, 1.807) is 0 Å². The second-order valence-electron chi connectivity index (χ2n) is 2.81. The SMILES string of the molecule is NC(=O)COc1ccc(C(=O)O)c(N)c1. The molecule has 1 amide bonds. The van der Waals surface area contributed by atoms with Crippen molar-refractivity contribution >= 4 is 17.6 Å². The maximum Gasteiger partial charge on any atom is 0.337 e. The van der Waals surface area contributed by atoms with Crippen LogP contribution in [-0.2, 0) is 4.79 Å². The number of carbonyl (C=O) groups excluding carboxylic acids is 1. The molecule has 0 heterocycles. The van der Waals surface area contributed by atoms with Crippen molar-refractivity contribution < 1.29 is 19.4 Å². The number of carboxylic acids is 1. The molecular formula is C9H10N2O4. The summed E-state index contributed by atoms with van der Waals surface area (Å²) in [5.41, 5.74) is 10.4. The number of carboxylic acid groups (broad SMARTS) is 1. The molecule has 0 radical (unpaired) electrons. The Hall–Kier alpha value is -2.24. The van der Waals surface area contributed by atoms with E-state index < -0.39 is 11.9 Å². The summed E-state index contributed by atoms with van der Waals surface area (Å²) in [5, 5.41) is 8.68. The zero-order valence-electron chi connectivity index (χ0n) is 7.77. The first-order valence-electron chi connectivity index (χ1n) is 4.04. The molecule has 1 aromatic rings. The predicted molar refractivity (Wildman–Crippen MR) is 52.5 cm³/mol. The Labute approximate surface area is 85.4 Å². The molecular weight excluding hydrogens is 200 g/mol. The Kier molecular flexibility index (Phi) is 3.12. The van der Waals surface area contributed by atoms with E-state index in [1.165, 1.54) is 18.2 Å². The molecule has 15 heavy (non-hydrogen) atoms. The third-order valence-corrected chi connectivity index (χ3v) is 1.63. The summed E-state index contributed by atoms with van der Waals surface area (Å²) in [6, 6.07) is 4.03. The summed E-state index contributed by atoms with van der Waals surface area (Å²) in [4.78, 5) is 21.0. The zero-order chi connectivity index (χ0) is 11.4. The van der Waals surface area contributed by atoms with E-state index in [2.05, 4.69) is 0 Å².